The number of aliphatic hydroxyl groups is 1. The number of rotatable bonds is 4. The Hall–Kier alpha value is -2.45. The molecule has 2 aliphatic rings. The predicted molar refractivity (Wildman–Crippen MR) is 90.8 cm³/mol. The molecule has 1 aliphatic heterocycles. The summed E-state index contributed by atoms with van der Waals surface area (Å²) < 4.78 is 12.6. The van der Waals surface area contributed by atoms with Gasteiger partial charge in [0.15, 0.2) is 5.76 Å². The third-order valence-electron chi connectivity index (χ3n) is 5.62. The number of nitrogens with zero attached hydrogens (tertiary/aromatic N) is 5. The van der Waals surface area contributed by atoms with Crippen molar-refractivity contribution in [1.82, 2.24) is 24.8 Å². The van der Waals surface area contributed by atoms with E-state index in [1.807, 2.05) is 23.0 Å². The minimum absolute atomic E-state index is 0.0696. The van der Waals surface area contributed by atoms with Gasteiger partial charge in [-0.2, -0.15) is 10.1 Å². The van der Waals surface area contributed by atoms with Gasteiger partial charge in [-0.15, -0.1) is 0 Å². The van der Waals surface area contributed by atoms with Gasteiger partial charge in [0, 0.05) is 25.5 Å². The van der Waals surface area contributed by atoms with Crippen LogP contribution < -0.4 is 0 Å². The van der Waals surface area contributed by atoms with E-state index in [4.69, 9.17) is 8.94 Å². The molecule has 0 bridgehead atoms. The first-order valence-corrected chi connectivity index (χ1v) is 9.02. The van der Waals surface area contributed by atoms with E-state index in [9.17, 15) is 5.11 Å². The summed E-state index contributed by atoms with van der Waals surface area (Å²) in [4.78, 5) is 6.77. The maximum absolute atomic E-state index is 10.5. The molecule has 3 aromatic heterocycles. The Morgan fingerprint density at radius 2 is 2.08 bits per heavy atom. The van der Waals surface area contributed by atoms with Gasteiger partial charge in [0.1, 0.15) is 0 Å². The van der Waals surface area contributed by atoms with Crippen LogP contribution in [0.2, 0.25) is 0 Å². The fourth-order valence-corrected chi connectivity index (χ4v) is 4.41. The molecule has 5 rings (SSSR count). The molecule has 1 aliphatic carbocycles. The van der Waals surface area contributed by atoms with Crippen molar-refractivity contribution in [1.29, 1.82) is 0 Å². The molecule has 8 heteroatoms. The number of furan rings is 1. The zero-order valence-electron chi connectivity index (χ0n) is 14.3. The molecule has 4 heterocycles. The van der Waals surface area contributed by atoms with E-state index < -0.39 is 0 Å². The fourth-order valence-electron chi connectivity index (χ4n) is 4.41. The van der Waals surface area contributed by atoms with Crippen LogP contribution in [0.4, 0.5) is 0 Å². The molecular weight excluding hydrogens is 334 g/mol. The highest BCUT2D eigenvalue weighted by atomic mass is 16.5. The topological polar surface area (TPSA) is 93.4 Å². The van der Waals surface area contributed by atoms with E-state index >= 15 is 0 Å². The van der Waals surface area contributed by atoms with Gasteiger partial charge in [-0.05, 0) is 42.9 Å². The van der Waals surface area contributed by atoms with Gasteiger partial charge < -0.3 is 14.0 Å². The van der Waals surface area contributed by atoms with E-state index in [0.717, 1.165) is 25.9 Å². The normalized spacial score (nSPS) is 29.1. The molecule has 0 radical (unpaired) electrons. The lowest BCUT2D eigenvalue weighted by molar-refractivity contribution is 0.0306. The Balaban J connectivity index is 1.25. The molecule has 8 nitrogen and oxygen atoms in total. The predicted octanol–water partition coefficient (Wildman–Crippen LogP) is 1.97. The first-order valence-electron chi connectivity index (χ1n) is 9.02. The SMILES string of the molecule is O[C@@H]1C[C@H]2CN(Cc3nc(-c4ccco4)no3)C[C@H]2C[C@H]1n1cccn1. The molecule has 2 fully saturated rings. The average Bonchev–Trinajstić information content (AvgIpc) is 3.41. The summed E-state index contributed by atoms with van der Waals surface area (Å²) in [6.45, 7) is 2.56. The fraction of sp³-hybridized carbons (Fsp3) is 0.500. The van der Waals surface area contributed by atoms with Crippen molar-refractivity contribution in [2.24, 2.45) is 11.8 Å². The van der Waals surface area contributed by atoms with Crippen molar-refractivity contribution in [3.8, 4) is 11.6 Å². The highest BCUT2D eigenvalue weighted by molar-refractivity contribution is 5.44. The molecule has 4 atom stereocenters. The molecule has 0 spiro atoms. The molecule has 1 saturated heterocycles. The number of hydrogen-bond acceptors (Lipinski definition) is 7. The Labute approximate surface area is 150 Å². The number of hydrogen-bond donors (Lipinski definition) is 1. The smallest absolute Gasteiger partial charge is 0.241 e. The summed E-state index contributed by atoms with van der Waals surface area (Å²) in [5.41, 5.74) is 0. The lowest BCUT2D eigenvalue weighted by atomic mass is 9.77. The van der Waals surface area contributed by atoms with Crippen LogP contribution in [0.25, 0.3) is 11.6 Å². The van der Waals surface area contributed by atoms with Crippen LogP contribution in [0.3, 0.4) is 0 Å². The van der Waals surface area contributed by atoms with E-state index in [-0.39, 0.29) is 12.1 Å². The number of aromatic nitrogens is 4. The van der Waals surface area contributed by atoms with Crippen molar-refractivity contribution >= 4 is 0 Å². The van der Waals surface area contributed by atoms with Crippen molar-refractivity contribution in [2.45, 2.75) is 31.5 Å². The maximum Gasteiger partial charge on any atom is 0.241 e. The minimum atomic E-state index is -0.343. The lowest BCUT2D eigenvalue weighted by Crippen LogP contribution is -2.36. The highest BCUT2D eigenvalue weighted by Crippen LogP contribution is 2.41. The third kappa shape index (κ3) is 2.85. The van der Waals surface area contributed by atoms with Gasteiger partial charge in [-0.25, -0.2) is 0 Å². The van der Waals surface area contributed by atoms with Crippen molar-refractivity contribution in [3.63, 3.8) is 0 Å². The van der Waals surface area contributed by atoms with Gasteiger partial charge >= 0.3 is 0 Å². The van der Waals surface area contributed by atoms with Crippen LogP contribution in [-0.2, 0) is 6.54 Å². The minimum Gasteiger partial charge on any atom is -0.461 e. The Kier molecular flexibility index (Phi) is 3.86. The average molecular weight is 355 g/mol. The monoisotopic (exact) mass is 355 g/mol. The van der Waals surface area contributed by atoms with Crippen LogP contribution in [0.5, 0.6) is 0 Å². The van der Waals surface area contributed by atoms with E-state index in [0.29, 0.717) is 35.9 Å². The van der Waals surface area contributed by atoms with E-state index in [1.54, 1.807) is 18.5 Å². The summed E-state index contributed by atoms with van der Waals surface area (Å²) in [6.07, 6.45) is 6.72. The first-order chi connectivity index (χ1) is 12.8. The second-order valence-corrected chi connectivity index (χ2v) is 7.30. The summed E-state index contributed by atoms with van der Waals surface area (Å²) >= 11 is 0. The first kappa shape index (κ1) is 15.8. The summed E-state index contributed by atoms with van der Waals surface area (Å²) in [7, 11) is 0. The zero-order chi connectivity index (χ0) is 17.5. The molecular formula is C18H21N5O3. The molecule has 136 valence electrons. The molecule has 0 unspecified atom stereocenters. The van der Waals surface area contributed by atoms with Crippen LogP contribution in [0.1, 0.15) is 24.8 Å². The standard InChI is InChI=1S/C18H21N5O3/c24-15-8-13-10-22(9-12(13)7-14(15)23-5-2-4-19-23)11-17-20-18(21-26-17)16-3-1-6-25-16/h1-6,12-15,24H,7-11H2/t12-,13+,14-,15-/m1/s1. The van der Waals surface area contributed by atoms with Crippen LogP contribution in [-0.4, -0.2) is 49.1 Å². The van der Waals surface area contributed by atoms with Crippen LogP contribution in [0, 0.1) is 11.8 Å². The van der Waals surface area contributed by atoms with Gasteiger partial charge in [-0.1, -0.05) is 5.16 Å². The molecule has 3 aromatic rings. The second-order valence-electron chi connectivity index (χ2n) is 7.30. The van der Waals surface area contributed by atoms with Gasteiger partial charge in [0.05, 0.1) is 25.0 Å². The summed E-state index contributed by atoms with van der Waals surface area (Å²) in [5.74, 6) is 2.75. The number of likely N-dealkylation sites (tertiary alicyclic amines) is 1. The third-order valence-corrected chi connectivity index (χ3v) is 5.62. The summed E-state index contributed by atoms with van der Waals surface area (Å²) in [6, 6.07) is 5.60. The van der Waals surface area contributed by atoms with Crippen LogP contribution in [0.15, 0.2) is 45.8 Å². The molecule has 1 N–H and O–H groups in total. The largest absolute Gasteiger partial charge is 0.461 e. The van der Waals surface area contributed by atoms with Crippen molar-refractivity contribution < 1.29 is 14.0 Å². The second kappa shape index (κ2) is 6.37. The van der Waals surface area contributed by atoms with Crippen molar-refractivity contribution in [3.05, 3.63) is 42.7 Å². The van der Waals surface area contributed by atoms with Gasteiger partial charge in [0.25, 0.3) is 0 Å². The van der Waals surface area contributed by atoms with E-state index in [1.165, 1.54) is 0 Å². The molecule has 0 amide bonds. The summed E-state index contributed by atoms with van der Waals surface area (Å²) in [5, 5.41) is 18.9. The Bertz CT molecular complexity index is 844. The number of fused-ring (bicyclic) bond motifs is 1. The van der Waals surface area contributed by atoms with Crippen LogP contribution >= 0.6 is 0 Å². The Morgan fingerprint density at radius 1 is 1.19 bits per heavy atom. The van der Waals surface area contributed by atoms with Gasteiger partial charge in [0.2, 0.25) is 11.7 Å². The molecule has 0 aromatic carbocycles. The maximum atomic E-state index is 10.5. The highest BCUT2D eigenvalue weighted by Gasteiger charge is 2.42. The zero-order valence-corrected chi connectivity index (χ0v) is 14.3. The quantitative estimate of drug-likeness (QED) is 0.765. The molecule has 1 saturated carbocycles. The Morgan fingerprint density at radius 3 is 2.85 bits per heavy atom. The lowest BCUT2D eigenvalue weighted by Gasteiger charge is -2.35. The van der Waals surface area contributed by atoms with E-state index in [2.05, 4.69) is 20.1 Å². The van der Waals surface area contributed by atoms with Gasteiger partial charge in [-0.3, -0.25) is 9.58 Å². The van der Waals surface area contributed by atoms with Crippen molar-refractivity contribution in [2.75, 3.05) is 13.1 Å². The molecule has 26 heavy (non-hydrogen) atoms. The number of aliphatic hydroxyl groups excluding tert-OH is 1.